The number of nitrogens with zero attached hydrogens (tertiary/aromatic N) is 2. The number of non-ortho nitro benzene ring substituents is 1. The van der Waals surface area contributed by atoms with Gasteiger partial charge in [-0.1, -0.05) is 12.1 Å². The molecule has 0 fully saturated rings. The minimum Gasteiger partial charge on any atom is -0.484 e. The van der Waals surface area contributed by atoms with Crippen molar-refractivity contribution in [2.75, 3.05) is 28.7 Å². The fourth-order valence-corrected chi connectivity index (χ4v) is 3.28. The molecule has 3 amide bonds. The van der Waals surface area contributed by atoms with E-state index in [1.165, 1.54) is 29.2 Å². The molecule has 0 aromatic heterocycles. The number of hydrogen-bond acceptors (Lipinski definition) is 6. The van der Waals surface area contributed by atoms with Crippen LogP contribution in [0.2, 0.25) is 0 Å². The topological polar surface area (TPSA) is 131 Å². The van der Waals surface area contributed by atoms with E-state index in [-0.39, 0.29) is 30.7 Å². The van der Waals surface area contributed by atoms with Crippen LogP contribution >= 0.6 is 0 Å². The minimum atomic E-state index is -0.524. The van der Waals surface area contributed by atoms with Crippen molar-refractivity contribution in [1.82, 2.24) is 0 Å². The number of carbonyl (C=O) groups excluding carboxylic acids is 3. The van der Waals surface area contributed by atoms with Gasteiger partial charge in [0.05, 0.1) is 16.3 Å². The van der Waals surface area contributed by atoms with Crippen LogP contribution in [0.15, 0.2) is 72.8 Å². The predicted octanol–water partition coefficient (Wildman–Crippen LogP) is 3.21. The second-order valence-corrected chi connectivity index (χ2v) is 7.12. The summed E-state index contributed by atoms with van der Waals surface area (Å²) in [5.41, 5.74) is 1.93. The third kappa shape index (κ3) is 4.96. The molecular weight excluding hydrogens is 428 g/mol. The second-order valence-electron chi connectivity index (χ2n) is 7.12. The van der Waals surface area contributed by atoms with Crippen LogP contribution < -0.4 is 20.3 Å². The third-order valence-electron chi connectivity index (χ3n) is 4.85. The highest BCUT2D eigenvalue weighted by molar-refractivity contribution is 6.15. The Morgan fingerprint density at radius 2 is 1.73 bits per heavy atom. The van der Waals surface area contributed by atoms with Crippen LogP contribution in [0.3, 0.4) is 0 Å². The number of amides is 3. The average molecular weight is 446 g/mol. The Hall–Kier alpha value is -4.73. The summed E-state index contributed by atoms with van der Waals surface area (Å²) in [6.07, 6.45) is 0. The summed E-state index contributed by atoms with van der Waals surface area (Å²) in [6, 6.07) is 18.7. The first-order chi connectivity index (χ1) is 15.9. The van der Waals surface area contributed by atoms with E-state index in [9.17, 15) is 24.5 Å². The zero-order valence-corrected chi connectivity index (χ0v) is 17.2. The molecule has 1 aliphatic rings. The number of nitro groups is 1. The maximum Gasteiger partial charge on any atom is 0.269 e. The van der Waals surface area contributed by atoms with Crippen LogP contribution in [0.5, 0.6) is 5.75 Å². The first kappa shape index (κ1) is 21.5. The number of hydrogen-bond donors (Lipinski definition) is 2. The van der Waals surface area contributed by atoms with Gasteiger partial charge < -0.3 is 15.4 Å². The van der Waals surface area contributed by atoms with Crippen molar-refractivity contribution in [3.8, 4) is 5.75 Å². The molecule has 4 rings (SSSR count). The summed E-state index contributed by atoms with van der Waals surface area (Å²) in [5, 5.41) is 16.1. The lowest BCUT2D eigenvalue weighted by molar-refractivity contribution is -0.384. The van der Waals surface area contributed by atoms with Gasteiger partial charge in [0.25, 0.3) is 17.5 Å². The van der Waals surface area contributed by atoms with Gasteiger partial charge in [-0.15, -0.1) is 0 Å². The molecule has 0 bridgehead atoms. The molecule has 10 nitrogen and oxygen atoms in total. The number of anilines is 3. The van der Waals surface area contributed by atoms with Crippen molar-refractivity contribution in [2.45, 2.75) is 0 Å². The van der Waals surface area contributed by atoms with Gasteiger partial charge in [0, 0.05) is 23.4 Å². The fraction of sp³-hybridized carbons (Fsp3) is 0.0870. The Labute approximate surface area is 187 Å². The van der Waals surface area contributed by atoms with Gasteiger partial charge in [-0.3, -0.25) is 29.4 Å². The molecule has 0 aliphatic carbocycles. The fourth-order valence-electron chi connectivity index (χ4n) is 3.28. The SMILES string of the molecule is O=C(COc1ccc([N+](=O)[O-])cc1)Nc1ccc(C(=O)N2CC(=O)Nc3ccccc32)cc1. The summed E-state index contributed by atoms with van der Waals surface area (Å²) >= 11 is 0. The van der Waals surface area contributed by atoms with Crippen LogP contribution in [0.1, 0.15) is 10.4 Å². The van der Waals surface area contributed by atoms with Gasteiger partial charge in [-0.25, -0.2) is 0 Å². The minimum absolute atomic E-state index is 0.0740. The molecule has 1 aliphatic heterocycles. The lowest BCUT2D eigenvalue weighted by Gasteiger charge is -2.29. The monoisotopic (exact) mass is 446 g/mol. The number of carbonyl (C=O) groups is 3. The molecule has 1 heterocycles. The summed E-state index contributed by atoms with van der Waals surface area (Å²) in [7, 11) is 0. The van der Waals surface area contributed by atoms with Crippen molar-refractivity contribution in [1.29, 1.82) is 0 Å². The van der Waals surface area contributed by atoms with Crippen molar-refractivity contribution >= 4 is 40.5 Å². The molecule has 2 N–H and O–H groups in total. The number of nitrogens with one attached hydrogen (secondary N) is 2. The van der Waals surface area contributed by atoms with Crippen molar-refractivity contribution in [3.63, 3.8) is 0 Å². The number of fused-ring (bicyclic) bond motifs is 1. The van der Waals surface area contributed by atoms with Gasteiger partial charge in [0.2, 0.25) is 5.91 Å². The predicted molar refractivity (Wildman–Crippen MR) is 120 cm³/mol. The Kier molecular flexibility index (Phi) is 5.98. The summed E-state index contributed by atoms with van der Waals surface area (Å²) in [5.74, 6) is -0.729. The zero-order chi connectivity index (χ0) is 23.4. The van der Waals surface area contributed by atoms with Crippen LogP contribution in [0.4, 0.5) is 22.7 Å². The van der Waals surface area contributed by atoms with Crippen molar-refractivity contribution in [3.05, 3.63) is 88.5 Å². The van der Waals surface area contributed by atoms with E-state index < -0.39 is 10.8 Å². The average Bonchev–Trinajstić information content (AvgIpc) is 2.82. The van der Waals surface area contributed by atoms with Gasteiger partial charge in [-0.2, -0.15) is 0 Å². The third-order valence-corrected chi connectivity index (χ3v) is 4.85. The van der Waals surface area contributed by atoms with Crippen molar-refractivity contribution in [2.24, 2.45) is 0 Å². The normalized spacial score (nSPS) is 12.4. The first-order valence-electron chi connectivity index (χ1n) is 9.88. The van der Waals surface area contributed by atoms with Gasteiger partial charge in [0.1, 0.15) is 12.3 Å². The van der Waals surface area contributed by atoms with E-state index in [4.69, 9.17) is 4.74 Å². The summed E-state index contributed by atoms with van der Waals surface area (Å²) < 4.78 is 5.33. The number of ether oxygens (including phenoxy) is 1. The molecule has 3 aromatic rings. The molecule has 33 heavy (non-hydrogen) atoms. The highest BCUT2D eigenvalue weighted by Crippen LogP contribution is 2.30. The largest absolute Gasteiger partial charge is 0.484 e. The molecule has 0 unspecified atom stereocenters. The highest BCUT2D eigenvalue weighted by atomic mass is 16.6. The molecule has 166 valence electrons. The maximum atomic E-state index is 13.0. The smallest absolute Gasteiger partial charge is 0.269 e. The molecule has 0 spiro atoms. The van der Waals surface area contributed by atoms with Crippen LogP contribution in [-0.4, -0.2) is 35.8 Å². The van der Waals surface area contributed by atoms with E-state index in [1.54, 1.807) is 48.5 Å². The lowest BCUT2D eigenvalue weighted by Crippen LogP contribution is -2.42. The Morgan fingerprint density at radius 3 is 2.42 bits per heavy atom. The van der Waals surface area contributed by atoms with Gasteiger partial charge >= 0.3 is 0 Å². The van der Waals surface area contributed by atoms with Crippen LogP contribution in [0.25, 0.3) is 0 Å². The number of nitro benzene ring substituents is 1. The van der Waals surface area contributed by atoms with E-state index >= 15 is 0 Å². The highest BCUT2D eigenvalue weighted by Gasteiger charge is 2.27. The molecule has 0 atom stereocenters. The Morgan fingerprint density at radius 1 is 1.03 bits per heavy atom. The second kappa shape index (κ2) is 9.18. The van der Waals surface area contributed by atoms with E-state index in [1.807, 2.05) is 0 Å². The van der Waals surface area contributed by atoms with E-state index in [0.29, 0.717) is 28.4 Å². The zero-order valence-electron chi connectivity index (χ0n) is 17.2. The molecule has 0 saturated heterocycles. The van der Waals surface area contributed by atoms with E-state index in [0.717, 1.165) is 0 Å². The molecule has 3 aromatic carbocycles. The van der Waals surface area contributed by atoms with E-state index in [2.05, 4.69) is 10.6 Å². The molecule has 0 saturated carbocycles. The Balaban J connectivity index is 1.36. The summed E-state index contributed by atoms with van der Waals surface area (Å²) in [4.78, 5) is 48.6. The Bertz CT molecular complexity index is 1220. The lowest BCUT2D eigenvalue weighted by atomic mass is 10.1. The molecule has 10 heteroatoms. The number of benzene rings is 3. The number of para-hydroxylation sites is 2. The summed E-state index contributed by atoms with van der Waals surface area (Å²) in [6.45, 7) is -0.382. The van der Waals surface area contributed by atoms with Gasteiger partial charge in [0.15, 0.2) is 6.61 Å². The van der Waals surface area contributed by atoms with Crippen LogP contribution in [-0.2, 0) is 9.59 Å². The van der Waals surface area contributed by atoms with Gasteiger partial charge in [-0.05, 0) is 48.5 Å². The number of rotatable bonds is 6. The standard InChI is InChI=1S/C23H18N4O6/c28-21-13-26(20-4-2-1-3-19(20)25-21)23(30)15-5-7-16(8-6-15)24-22(29)14-33-18-11-9-17(10-12-18)27(31)32/h1-12H,13-14H2,(H,24,29)(H,25,28). The molecule has 0 radical (unpaired) electrons. The maximum absolute atomic E-state index is 13.0. The van der Waals surface area contributed by atoms with Crippen LogP contribution in [0, 0.1) is 10.1 Å². The first-order valence-corrected chi connectivity index (χ1v) is 9.88. The molecular formula is C23H18N4O6. The van der Waals surface area contributed by atoms with Crippen molar-refractivity contribution < 1.29 is 24.0 Å². The quantitative estimate of drug-likeness (QED) is 0.442.